The lowest BCUT2D eigenvalue weighted by Crippen LogP contribution is -2.45. The normalized spacial score (nSPS) is 25.8. The van der Waals surface area contributed by atoms with Crippen LogP contribution in [0.3, 0.4) is 0 Å². The van der Waals surface area contributed by atoms with Gasteiger partial charge in [-0.1, -0.05) is 20.3 Å². The second-order valence-electron chi connectivity index (χ2n) is 6.08. The Bertz CT molecular complexity index is 490. The van der Waals surface area contributed by atoms with E-state index in [9.17, 15) is 9.90 Å². The third kappa shape index (κ3) is 3.56. The van der Waals surface area contributed by atoms with Crippen molar-refractivity contribution in [1.29, 1.82) is 0 Å². The molecule has 1 amide bonds. The molecule has 1 fully saturated rings. The first kappa shape index (κ1) is 15.8. The molecular weight excluding hydrogens is 268 g/mol. The standard InChI is InChI=1S/C15H26N4O2/c1-3-10-5-7-15(21,8-6-10)9-17-14(20)13-12(16)11(4-2)18-19-13/h10,21H,3-9,16H2,1-2H3,(H,17,20)(H,18,19). The fourth-order valence-corrected chi connectivity index (χ4v) is 2.96. The molecule has 6 heteroatoms. The molecule has 21 heavy (non-hydrogen) atoms. The fourth-order valence-electron chi connectivity index (χ4n) is 2.96. The van der Waals surface area contributed by atoms with Crippen molar-refractivity contribution in [3.05, 3.63) is 11.4 Å². The molecule has 0 spiro atoms. The highest BCUT2D eigenvalue weighted by atomic mass is 16.3. The molecule has 0 unspecified atom stereocenters. The predicted octanol–water partition coefficient (Wildman–Crippen LogP) is 1.62. The number of aliphatic hydroxyl groups is 1. The third-order valence-electron chi connectivity index (χ3n) is 4.64. The zero-order valence-corrected chi connectivity index (χ0v) is 12.9. The number of rotatable bonds is 5. The monoisotopic (exact) mass is 294 g/mol. The number of anilines is 1. The minimum absolute atomic E-state index is 0.220. The van der Waals surface area contributed by atoms with E-state index in [2.05, 4.69) is 22.4 Å². The molecule has 1 saturated carbocycles. The van der Waals surface area contributed by atoms with Crippen LogP contribution in [0.2, 0.25) is 0 Å². The Morgan fingerprint density at radius 1 is 1.48 bits per heavy atom. The van der Waals surface area contributed by atoms with Gasteiger partial charge in [0.05, 0.1) is 17.0 Å². The average molecular weight is 294 g/mol. The number of nitrogens with zero attached hydrogens (tertiary/aromatic N) is 1. The Morgan fingerprint density at radius 3 is 2.67 bits per heavy atom. The number of H-pyrrole nitrogens is 1. The molecule has 0 aliphatic heterocycles. The maximum absolute atomic E-state index is 12.1. The quantitative estimate of drug-likeness (QED) is 0.662. The maximum Gasteiger partial charge on any atom is 0.274 e. The van der Waals surface area contributed by atoms with Crippen molar-refractivity contribution >= 4 is 11.6 Å². The third-order valence-corrected chi connectivity index (χ3v) is 4.64. The van der Waals surface area contributed by atoms with Gasteiger partial charge in [0.1, 0.15) is 0 Å². The van der Waals surface area contributed by atoms with Crippen molar-refractivity contribution in [3.63, 3.8) is 0 Å². The summed E-state index contributed by atoms with van der Waals surface area (Å²) in [4.78, 5) is 12.1. The summed E-state index contributed by atoms with van der Waals surface area (Å²) in [5.74, 6) is 0.379. The van der Waals surface area contributed by atoms with Gasteiger partial charge in [0.25, 0.3) is 5.91 Å². The second-order valence-corrected chi connectivity index (χ2v) is 6.08. The fraction of sp³-hybridized carbons (Fsp3) is 0.733. The number of nitrogens with two attached hydrogens (primary N) is 1. The lowest BCUT2D eigenvalue weighted by atomic mass is 9.78. The van der Waals surface area contributed by atoms with Crippen LogP contribution < -0.4 is 11.1 Å². The minimum Gasteiger partial charge on any atom is -0.395 e. The molecule has 118 valence electrons. The summed E-state index contributed by atoms with van der Waals surface area (Å²) in [5.41, 5.74) is 6.47. The molecule has 0 aromatic carbocycles. The summed E-state index contributed by atoms with van der Waals surface area (Å²) in [6, 6.07) is 0. The number of hydrogen-bond acceptors (Lipinski definition) is 4. The number of nitrogen functional groups attached to an aromatic ring is 1. The van der Waals surface area contributed by atoms with E-state index in [0.717, 1.165) is 37.8 Å². The van der Waals surface area contributed by atoms with Gasteiger partial charge >= 0.3 is 0 Å². The van der Waals surface area contributed by atoms with Gasteiger partial charge in [0, 0.05) is 6.54 Å². The van der Waals surface area contributed by atoms with E-state index in [0.29, 0.717) is 18.0 Å². The molecule has 6 nitrogen and oxygen atoms in total. The Labute approximate surface area is 125 Å². The van der Waals surface area contributed by atoms with Crippen LogP contribution in [0.25, 0.3) is 0 Å². The highest BCUT2D eigenvalue weighted by Gasteiger charge is 2.33. The molecule has 2 rings (SSSR count). The molecule has 1 aliphatic carbocycles. The highest BCUT2D eigenvalue weighted by Crippen LogP contribution is 2.33. The van der Waals surface area contributed by atoms with Crippen molar-refractivity contribution in [2.75, 3.05) is 12.3 Å². The molecule has 0 atom stereocenters. The summed E-state index contributed by atoms with van der Waals surface area (Å²) < 4.78 is 0. The topological polar surface area (TPSA) is 104 Å². The Hall–Kier alpha value is -1.56. The smallest absolute Gasteiger partial charge is 0.274 e. The van der Waals surface area contributed by atoms with Gasteiger partial charge in [0.2, 0.25) is 0 Å². The lowest BCUT2D eigenvalue weighted by Gasteiger charge is -2.35. The maximum atomic E-state index is 12.1. The van der Waals surface area contributed by atoms with E-state index in [1.807, 2.05) is 6.92 Å². The van der Waals surface area contributed by atoms with Gasteiger partial charge in [-0.2, -0.15) is 5.10 Å². The molecule has 1 aliphatic rings. The van der Waals surface area contributed by atoms with Gasteiger partial charge in [-0.25, -0.2) is 0 Å². The Balaban J connectivity index is 1.90. The van der Waals surface area contributed by atoms with Crippen molar-refractivity contribution in [1.82, 2.24) is 15.5 Å². The zero-order chi connectivity index (χ0) is 15.5. The predicted molar refractivity (Wildman–Crippen MR) is 81.9 cm³/mol. The average Bonchev–Trinajstić information content (AvgIpc) is 2.87. The first-order valence-corrected chi connectivity index (χ1v) is 7.82. The number of hydrogen-bond donors (Lipinski definition) is 4. The molecule has 1 aromatic rings. The van der Waals surface area contributed by atoms with Crippen LogP contribution in [0.4, 0.5) is 5.69 Å². The number of amides is 1. The number of carbonyl (C=O) groups excluding carboxylic acids is 1. The Kier molecular flexibility index (Phi) is 4.88. The number of nitrogens with one attached hydrogen (secondary N) is 2. The second kappa shape index (κ2) is 6.47. The van der Waals surface area contributed by atoms with Crippen molar-refractivity contribution in [3.8, 4) is 0 Å². The van der Waals surface area contributed by atoms with Gasteiger partial charge in [-0.05, 0) is 38.0 Å². The number of aromatic amines is 1. The first-order chi connectivity index (χ1) is 9.99. The van der Waals surface area contributed by atoms with E-state index in [4.69, 9.17) is 5.73 Å². The van der Waals surface area contributed by atoms with Gasteiger partial charge < -0.3 is 16.2 Å². The summed E-state index contributed by atoms with van der Waals surface area (Å²) in [5, 5.41) is 20.0. The van der Waals surface area contributed by atoms with E-state index in [1.54, 1.807) is 0 Å². The van der Waals surface area contributed by atoms with E-state index < -0.39 is 5.60 Å². The summed E-state index contributed by atoms with van der Waals surface area (Å²) in [7, 11) is 0. The summed E-state index contributed by atoms with van der Waals surface area (Å²) in [6.45, 7) is 4.39. The van der Waals surface area contributed by atoms with Crippen LogP contribution in [0.5, 0.6) is 0 Å². The van der Waals surface area contributed by atoms with Crippen LogP contribution in [0.15, 0.2) is 0 Å². The van der Waals surface area contributed by atoms with Crippen molar-refractivity contribution < 1.29 is 9.90 Å². The van der Waals surface area contributed by atoms with E-state index in [-0.39, 0.29) is 18.1 Å². The Morgan fingerprint density at radius 2 is 2.14 bits per heavy atom. The van der Waals surface area contributed by atoms with Crippen LogP contribution in [-0.2, 0) is 6.42 Å². The highest BCUT2D eigenvalue weighted by molar-refractivity contribution is 5.97. The van der Waals surface area contributed by atoms with Gasteiger partial charge in [-0.15, -0.1) is 0 Å². The largest absolute Gasteiger partial charge is 0.395 e. The SMILES string of the molecule is CCc1[nH]nc(C(=O)NCC2(O)CCC(CC)CC2)c1N. The van der Waals surface area contributed by atoms with E-state index in [1.165, 1.54) is 0 Å². The van der Waals surface area contributed by atoms with Gasteiger partial charge in [0.15, 0.2) is 5.69 Å². The molecular formula is C15H26N4O2. The van der Waals surface area contributed by atoms with Crippen LogP contribution in [-0.4, -0.2) is 33.4 Å². The molecule has 0 saturated heterocycles. The number of aromatic nitrogens is 2. The molecule has 0 radical (unpaired) electrons. The molecule has 1 heterocycles. The van der Waals surface area contributed by atoms with Crippen LogP contribution in [0, 0.1) is 5.92 Å². The zero-order valence-electron chi connectivity index (χ0n) is 12.9. The summed E-state index contributed by atoms with van der Waals surface area (Å²) >= 11 is 0. The number of carbonyl (C=O) groups is 1. The molecule has 1 aromatic heterocycles. The van der Waals surface area contributed by atoms with E-state index >= 15 is 0 Å². The minimum atomic E-state index is -0.792. The first-order valence-electron chi connectivity index (χ1n) is 7.82. The van der Waals surface area contributed by atoms with Crippen molar-refractivity contribution in [2.24, 2.45) is 5.92 Å². The van der Waals surface area contributed by atoms with Crippen LogP contribution in [0.1, 0.15) is 62.1 Å². The molecule has 0 bridgehead atoms. The van der Waals surface area contributed by atoms with Crippen LogP contribution >= 0.6 is 0 Å². The summed E-state index contributed by atoms with van der Waals surface area (Å²) in [6.07, 6.45) is 5.38. The van der Waals surface area contributed by atoms with Crippen molar-refractivity contribution in [2.45, 2.75) is 58.0 Å². The lowest BCUT2D eigenvalue weighted by molar-refractivity contribution is -0.00789. The van der Waals surface area contributed by atoms with Gasteiger partial charge in [-0.3, -0.25) is 9.89 Å². The number of aryl methyl sites for hydroxylation is 1. The molecule has 5 N–H and O–H groups in total.